The number of imidazole rings is 1. The molecule has 0 bridgehead atoms. The molecule has 1 unspecified atom stereocenters. The molecule has 1 atom stereocenters. The number of benzene rings is 2. The topological polar surface area (TPSA) is 79.2 Å². The van der Waals surface area contributed by atoms with Crippen molar-refractivity contribution in [1.82, 2.24) is 28.9 Å². The molecule has 2 aromatic heterocycles. The van der Waals surface area contributed by atoms with Crippen molar-refractivity contribution in [1.29, 1.82) is 0 Å². The number of fused-ring (bicyclic) bond motifs is 1. The lowest BCUT2D eigenvalue weighted by atomic mass is 9.96. The predicted molar refractivity (Wildman–Crippen MR) is 137 cm³/mol. The SMILES string of the molecule is CCCC(N1CCN(C(c2ccccc2)c2ccccc2)CC1)n1cnc2c1c(=O)[nH]c(=O)n2C. The summed E-state index contributed by atoms with van der Waals surface area (Å²) in [5.41, 5.74) is 2.65. The molecule has 8 heteroatoms. The lowest BCUT2D eigenvalue weighted by Crippen LogP contribution is -2.50. The molecule has 182 valence electrons. The maximum atomic E-state index is 12.7. The number of aromatic amines is 1. The van der Waals surface area contributed by atoms with Gasteiger partial charge in [-0.1, -0.05) is 74.0 Å². The molecular formula is C27H32N6O2. The monoisotopic (exact) mass is 472 g/mol. The number of aryl methyl sites for hydroxylation is 1. The summed E-state index contributed by atoms with van der Waals surface area (Å²) in [5, 5.41) is 0. The molecule has 0 radical (unpaired) electrons. The maximum Gasteiger partial charge on any atom is 0.329 e. The quantitative estimate of drug-likeness (QED) is 0.447. The number of nitrogens with zero attached hydrogens (tertiary/aromatic N) is 5. The fourth-order valence-electron chi connectivity index (χ4n) is 5.31. The fraction of sp³-hybridized carbons (Fsp3) is 0.370. The van der Waals surface area contributed by atoms with Crippen LogP contribution in [0.4, 0.5) is 0 Å². The summed E-state index contributed by atoms with van der Waals surface area (Å²) in [7, 11) is 1.64. The van der Waals surface area contributed by atoms with E-state index in [2.05, 4.69) is 87.4 Å². The van der Waals surface area contributed by atoms with Crippen molar-refractivity contribution >= 4 is 11.2 Å². The molecule has 1 N–H and O–H groups in total. The molecule has 2 aromatic carbocycles. The van der Waals surface area contributed by atoms with Gasteiger partial charge in [-0.15, -0.1) is 0 Å². The summed E-state index contributed by atoms with van der Waals surface area (Å²) in [6.45, 7) is 5.74. The fourth-order valence-corrected chi connectivity index (χ4v) is 5.31. The second-order valence-electron chi connectivity index (χ2n) is 9.21. The van der Waals surface area contributed by atoms with E-state index in [1.807, 2.05) is 4.57 Å². The molecule has 1 aliphatic rings. The van der Waals surface area contributed by atoms with Crippen LogP contribution in [0.5, 0.6) is 0 Å². The molecule has 0 saturated carbocycles. The average molecular weight is 473 g/mol. The number of H-pyrrole nitrogens is 1. The van der Waals surface area contributed by atoms with Gasteiger partial charge >= 0.3 is 5.69 Å². The molecule has 1 aliphatic heterocycles. The first-order valence-corrected chi connectivity index (χ1v) is 12.3. The van der Waals surface area contributed by atoms with E-state index in [-0.39, 0.29) is 17.8 Å². The second-order valence-corrected chi connectivity index (χ2v) is 9.21. The highest BCUT2D eigenvalue weighted by molar-refractivity contribution is 5.69. The molecule has 1 fully saturated rings. The Bertz CT molecular complexity index is 1340. The Kier molecular flexibility index (Phi) is 6.66. The third-order valence-corrected chi connectivity index (χ3v) is 7.07. The minimum Gasteiger partial charge on any atom is -0.308 e. The van der Waals surface area contributed by atoms with Crippen LogP contribution in [0.1, 0.15) is 43.1 Å². The van der Waals surface area contributed by atoms with E-state index in [4.69, 9.17) is 0 Å². The highest BCUT2D eigenvalue weighted by atomic mass is 16.2. The van der Waals surface area contributed by atoms with E-state index in [1.54, 1.807) is 13.4 Å². The zero-order valence-electron chi connectivity index (χ0n) is 20.3. The average Bonchev–Trinajstić information content (AvgIpc) is 3.34. The smallest absolute Gasteiger partial charge is 0.308 e. The van der Waals surface area contributed by atoms with E-state index in [9.17, 15) is 9.59 Å². The van der Waals surface area contributed by atoms with Crippen molar-refractivity contribution in [2.24, 2.45) is 7.05 Å². The molecular weight excluding hydrogens is 440 g/mol. The van der Waals surface area contributed by atoms with E-state index in [1.165, 1.54) is 15.7 Å². The van der Waals surface area contributed by atoms with Crippen LogP contribution in [-0.2, 0) is 7.05 Å². The van der Waals surface area contributed by atoms with E-state index in [0.29, 0.717) is 11.2 Å². The van der Waals surface area contributed by atoms with Gasteiger partial charge in [-0.3, -0.25) is 24.1 Å². The summed E-state index contributed by atoms with van der Waals surface area (Å²) in [5.74, 6) is 0. The highest BCUT2D eigenvalue weighted by Crippen LogP contribution is 2.31. The molecule has 3 heterocycles. The minimum absolute atomic E-state index is 0.0117. The van der Waals surface area contributed by atoms with Crippen LogP contribution in [-0.4, -0.2) is 55.1 Å². The standard InChI is InChI=1S/C27H32N6O2/c1-3-10-22(33-19-28-25-24(33)26(34)29-27(35)30(25)2)31-15-17-32(18-16-31)23(20-11-6-4-7-12-20)21-13-8-5-9-14-21/h4-9,11-14,19,22-23H,3,10,15-18H2,1-2H3,(H,29,34,35). The highest BCUT2D eigenvalue weighted by Gasteiger charge is 2.30. The third kappa shape index (κ3) is 4.47. The molecule has 0 spiro atoms. The Morgan fingerprint density at radius 1 is 0.886 bits per heavy atom. The van der Waals surface area contributed by atoms with Gasteiger partial charge in [0.2, 0.25) is 0 Å². The Morgan fingerprint density at radius 3 is 2.03 bits per heavy atom. The van der Waals surface area contributed by atoms with Gasteiger partial charge in [0.05, 0.1) is 18.5 Å². The molecule has 1 saturated heterocycles. The van der Waals surface area contributed by atoms with Gasteiger partial charge < -0.3 is 4.57 Å². The Morgan fingerprint density at radius 2 is 1.46 bits per heavy atom. The van der Waals surface area contributed by atoms with Gasteiger partial charge in [0.25, 0.3) is 5.56 Å². The molecule has 8 nitrogen and oxygen atoms in total. The van der Waals surface area contributed by atoms with Crippen LogP contribution >= 0.6 is 0 Å². The summed E-state index contributed by atoms with van der Waals surface area (Å²) in [6, 6.07) is 21.6. The molecule has 35 heavy (non-hydrogen) atoms. The van der Waals surface area contributed by atoms with Gasteiger partial charge in [0.1, 0.15) is 0 Å². The van der Waals surface area contributed by atoms with E-state index >= 15 is 0 Å². The lowest BCUT2D eigenvalue weighted by Gasteiger charge is -2.43. The number of piperazine rings is 1. The summed E-state index contributed by atoms with van der Waals surface area (Å²) >= 11 is 0. The number of nitrogens with one attached hydrogen (secondary N) is 1. The van der Waals surface area contributed by atoms with Crippen molar-refractivity contribution in [2.45, 2.75) is 32.0 Å². The number of rotatable bonds is 7. The second kappa shape index (κ2) is 10.0. The summed E-state index contributed by atoms with van der Waals surface area (Å²) < 4.78 is 3.36. The Labute approximate surface area is 204 Å². The zero-order valence-corrected chi connectivity index (χ0v) is 20.3. The maximum absolute atomic E-state index is 12.7. The molecule has 5 rings (SSSR count). The van der Waals surface area contributed by atoms with Crippen LogP contribution in [0.2, 0.25) is 0 Å². The van der Waals surface area contributed by atoms with Crippen LogP contribution in [0.15, 0.2) is 76.6 Å². The predicted octanol–water partition coefficient (Wildman–Crippen LogP) is 3.13. The Balaban J connectivity index is 1.42. The van der Waals surface area contributed by atoms with Gasteiger partial charge in [-0.05, 0) is 17.5 Å². The van der Waals surface area contributed by atoms with Crippen molar-refractivity contribution < 1.29 is 0 Å². The van der Waals surface area contributed by atoms with Crippen LogP contribution in [0, 0.1) is 0 Å². The first kappa shape index (κ1) is 23.3. The summed E-state index contributed by atoms with van der Waals surface area (Å²) in [4.78, 5) is 36.6. The van der Waals surface area contributed by atoms with Crippen molar-refractivity contribution in [2.75, 3.05) is 26.2 Å². The van der Waals surface area contributed by atoms with Crippen LogP contribution in [0.25, 0.3) is 11.2 Å². The normalized spacial score (nSPS) is 16.2. The summed E-state index contributed by atoms with van der Waals surface area (Å²) in [6.07, 6.45) is 3.60. The van der Waals surface area contributed by atoms with Gasteiger partial charge in [0.15, 0.2) is 11.2 Å². The third-order valence-electron chi connectivity index (χ3n) is 7.07. The van der Waals surface area contributed by atoms with Crippen molar-refractivity contribution in [3.05, 3.63) is 99.0 Å². The Hall–Kier alpha value is -3.49. The first-order valence-electron chi connectivity index (χ1n) is 12.3. The largest absolute Gasteiger partial charge is 0.329 e. The van der Waals surface area contributed by atoms with Crippen LogP contribution < -0.4 is 11.2 Å². The van der Waals surface area contributed by atoms with Gasteiger partial charge in [-0.25, -0.2) is 9.78 Å². The van der Waals surface area contributed by atoms with Gasteiger partial charge in [-0.2, -0.15) is 0 Å². The number of hydrogen-bond donors (Lipinski definition) is 1. The van der Waals surface area contributed by atoms with Crippen molar-refractivity contribution in [3.63, 3.8) is 0 Å². The minimum atomic E-state index is -0.443. The van der Waals surface area contributed by atoms with Gasteiger partial charge in [0, 0.05) is 33.2 Å². The van der Waals surface area contributed by atoms with E-state index in [0.717, 1.165) is 39.0 Å². The molecule has 0 amide bonds. The lowest BCUT2D eigenvalue weighted by molar-refractivity contribution is 0.0490. The van der Waals surface area contributed by atoms with Crippen LogP contribution in [0.3, 0.4) is 0 Å². The molecule has 4 aromatic rings. The van der Waals surface area contributed by atoms with E-state index < -0.39 is 5.69 Å². The first-order chi connectivity index (χ1) is 17.1. The number of aromatic nitrogens is 4. The van der Waals surface area contributed by atoms with Crippen molar-refractivity contribution in [3.8, 4) is 0 Å². The zero-order chi connectivity index (χ0) is 24.4. The molecule has 0 aliphatic carbocycles. The number of hydrogen-bond acceptors (Lipinski definition) is 5.